The second-order valence-corrected chi connectivity index (χ2v) is 7.67. The Morgan fingerprint density at radius 3 is 2.55 bits per heavy atom. The molecule has 2 rings (SSSR count). The highest BCUT2D eigenvalue weighted by Crippen LogP contribution is 2.33. The number of hydrogen-bond donors (Lipinski definition) is 1. The number of morpholine rings is 1. The zero-order chi connectivity index (χ0) is 15.1. The van der Waals surface area contributed by atoms with Gasteiger partial charge in [-0.3, -0.25) is 0 Å². The molecule has 1 saturated heterocycles. The van der Waals surface area contributed by atoms with Crippen LogP contribution in [0.25, 0.3) is 0 Å². The molecular formula is C14H22N2O3S. The first-order valence-corrected chi connectivity index (χ1v) is 8.08. The first-order valence-electron chi connectivity index (χ1n) is 6.64. The number of rotatable bonds is 2. The summed E-state index contributed by atoms with van der Waals surface area (Å²) in [6.07, 6.45) is 0. The maximum atomic E-state index is 13.0. The molecule has 1 aliphatic heterocycles. The van der Waals surface area contributed by atoms with Gasteiger partial charge in [0.05, 0.1) is 24.4 Å². The summed E-state index contributed by atoms with van der Waals surface area (Å²) < 4.78 is 32.9. The number of hydrogen-bond acceptors (Lipinski definition) is 4. The number of nitrogens with two attached hydrogens (primary N) is 1. The lowest BCUT2D eigenvalue weighted by Crippen LogP contribution is -2.55. The fourth-order valence-corrected chi connectivity index (χ4v) is 4.71. The summed E-state index contributed by atoms with van der Waals surface area (Å²) in [6, 6.07) is 3.50. The fourth-order valence-electron chi connectivity index (χ4n) is 2.55. The van der Waals surface area contributed by atoms with E-state index in [0.29, 0.717) is 31.0 Å². The quantitative estimate of drug-likeness (QED) is 0.843. The lowest BCUT2D eigenvalue weighted by Gasteiger charge is -2.41. The molecule has 0 amide bonds. The highest BCUT2D eigenvalue weighted by molar-refractivity contribution is 7.89. The molecule has 1 fully saturated rings. The standard InChI is InChI=1S/C14H22N2O3S/c1-10-5-6-12(15)13(11(10)2)20(17,18)16-7-8-19-9-14(16,3)4/h5-6H,7-9,15H2,1-4H3. The van der Waals surface area contributed by atoms with E-state index in [9.17, 15) is 8.42 Å². The number of nitrogen functional groups attached to an aromatic ring is 1. The smallest absolute Gasteiger partial charge is 0.246 e. The van der Waals surface area contributed by atoms with Crippen molar-refractivity contribution in [3.63, 3.8) is 0 Å². The predicted molar refractivity (Wildman–Crippen MR) is 79.1 cm³/mol. The lowest BCUT2D eigenvalue weighted by molar-refractivity contribution is -0.00770. The molecule has 1 aromatic carbocycles. The van der Waals surface area contributed by atoms with Crippen LogP contribution in [0.5, 0.6) is 0 Å². The summed E-state index contributed by atoms with van der Waals surface area (Å²) in [4.78, 5) is 0.229. The van der Waals surface area contributed by atoms with Crippen LogP contribution >= 0.6 is 0 Å². The van der Waals surface area contributed by atoms with Crippen molar-refractivity contribution in [2.45, 2.75) is 38.1 Å². The average Bonchev–Trinajstić information content (AvgIpc) is 2.33. The minimum absolute atomic E-state index is 0.229. The van der Waals surface area contributed by atoms with Crippen molar-refractivity contribution in [3.8, 4) is 0 Å². The lowest BCUT2D eigenvalue weighted by atomic mass is 10.1. The second kappa shape index (κ2) is 5.02. The molecule has 0 atom stereocenters. The van der Waals surface area contributed by atoms with E-state index in [-0.39, 0.29) is 4.90 Å². The Morgan fingerprint density at radius 2 is 1.95 bits per heavy atom. The molecule has 1 aliphatic rings. The zero-order valence-electron chi connectivity index (χ0n) is 12.4. The predicted octanol–water partition coefficient (Wildman–Crippen LogP) is 1.69. The number of nitrogens with zero attached hydrogens (tertiary/aromatic N) is 1. The van der Waals surface area contributed by atoms with Crippen LogP contribution in [-0.2, 0) is 14.8 Å². The van der Waals surface area contributed by atoms with E-state index in [4.69, 9.17) is 10.5 Å². The Labute approximate surface area is 120 Å². The van der Waals surface area contributed by atoms with Crippen LogP contribution in [0.15, 0.2) is 17.0 Å². The van der Waals surface area contributed by atoms with Crippen LogP contribution in [0.1, 0.15) is 25.0 Å². The topological polar surface area (TPSA) is 72.6 Å². The SMILES string of the molecule is Cc1ccc(N)c(S(=O)(=O)N2CCOCC2(C)C)c1C. The molecule has 0 saturated carbocycles. The van der Waals surface area contributed by atoms with Crippen molar-refractivity contribution in [2.24, 2.45) is 0 Å². The van der Waals surface area contributed by atoms with Crippen molar-refractivity contribution in [3.05, 3.63) is 23.3 Å². The first-order chi connectivity index (χ1) is 9.18. The van der Waals surface area contributed by atoms with Gasteiger partial charge < -0.3 is 10.5 Å². The van der Waals surface area contributed by atoms with Gasteiger partial charge in [-0.15, -0.1) is 0 Å². The summed E-state index contributed by atoms with van der Waals surface area (Å²) in [5, 5.41) is 0. The highest BCUT2D eigenvalue weighted by Gasteiger charge is 2.41. The molecule has 6 heteroatoms. The molecule has 5 nitrogen and oxygen atoms in total. The third-order valence-electron chi connectivity index (χ3n) is 3.82. The van der Waals surface area contributed by atoms with Crippen LogP contribution in [-0.4, -0.2) is 38.0 Å². The average molecular weight is 298 g/mol. The van der Waals surface area contributed by atoms with Crippen LogP contribution in [0.3, 0.4) is 0 Å². The Morgan fingerprint density at radius 1 is 1.30 bits per heavy atom. The van der Waals surface area contributed by atoms with Crippen LogP contribution in [0.4, 0.5) is 5.69 Å². The van der Waals surface area contributed by atoms with Crippen molar-refractivity contribution in [2.75, 3.05) is 25.5 Å². The summed E-state index contributed by atoms with van der Waals surface area (Å²) in [7, 11) is -3.63. The van der Waals surface area contributed by atoms with Gasteiger partial charge in [0.25, 0.3) is 0 Å². The molecule has 0 unspecified atom stereocenters. The second-order valence-electron chi connectivity index (χ2n) is 5.87. The van der Waals surface area contributed by atoms with Crippen molar-refractivity contribution in [1.29, 1.82) is 0 Å². The number of ether oxygens (including phenoxy) is 1. The largest absolute Gasteiger partial charge is 0.398 e. The van der Waals surface area contributed by atoms with Gasteiger partial charge in [-0.05, 0) is 44.9 Å². The summed E-state index contributed by atoms with van der Waals surface area (Å²) in [5.41, 5.74) is 7.30. The Hall–Kier alpha value is -1.11. The molecule has 0 spiro atoms. The molecule has 20 heavy (non-hydrogen) atoms. The molecule has 112 valence electrons. The van der Waals surface area contributed by atoms with Crippen LogP contribution < -0.4 is 5.73 Å². The van der Waals surface area contributed by atoms with E-state index in [0.717, 1.165) is 5.56 Å². The van der Waals surface area contributed by atoms with Gasteiger partial charge in [-0.2, -0.15) is 4.31 Å². The molecule has 0 aliphatic carbocycles. The monoisotopic (exact) mass is 298 g/mol. The van der Waals surface area contributed by atoms with Gasteiger partial charge in [0.2, 0.25) is 10.0 Å². The van der Waals surface area contributed by atoms with E-state index in [1.807, 2.05) is 26.8 Å². The number of sulfonamides is 1. The number of anilines is 1. The minimum atomic E-state index is -3.63. The molecule has 1 aromatic rings. The fraction of sp³-hybridized carbons (Fsp3) is 0.571. The molecule has 0 bridgehead atoms. The van der Waals surface area contributed by atoms with Crippen molar-refractivity contribution in [1.82, 2.24) is 4.31 Å². The van der Waals surface area contributed by atoms with Crippen LogP contribution in [0, 0.1) is 13.8 Å². The van der Waals surface area contributed by atoms with Gasteiger partial charge in [0, 0.05) is 6.54 Å². The summed E-state index contributed by atoms with van der Waals surface area (Å²) in [6.45, 7) is 8.56. The molecular weight excluding hydrogens is 276 g/mol. The van der Waals surface area contributed by atoms with Crippen molar-refractivity contribution >= 4 is 15.7 Å². The third-order valence-corrected chi connectivity index (χ3v) is 6.14. The maximum Gasteiger partial charge on any atom is 0.246 e. The normalized spacial score (nSPS) is 20.0. The summed E-state index contributed by atoms with van der Waals surface area (Å²) >= 11 is 0. The van der Waals surface area contributed by atoms with E-state index < -0.39 is 15.6 Å². The van der Waals surface area contributed by atoms with Gasteiger partial charge >= 0.3 is 0 Å². The molecule has 0 aromatic heterocycles. The van der Waals surface area contributed by atoms with E-state index in [1.165, 1.54) is 4.31 Å². The minimum Gasteiger partial charge on any atom is -0.398 e. The number of aryl methyl sites for hydroxylation is 1. The van der Waals surface area contributed by atoms with E-state index >= 15 is 0 Å². The third kappa shape index (κ3) is 2.43. The van der Waals surface area contributed by atoms with E-state index in [1.54, 1.807) is 13.0 Å². The summed E-state index contributed by atoms with van der Waals surface area (Å²) in [5.74, 6) is 0. The van der Waals surface area contributed by atoms with E-state index in [2.05, 4.69) is 0 Å². The van der Waals surface area contributed by atoms with Crippen molar-refractivity contribution < 1.29 is 13.2 Å². The Bertz CT molecular complexity index is 624. The molecule has 2 N–H and O–H groups in total. The van der Waals surface area contributed by atoms with Gasteiger partial charge in [0.1, 0.15) is 4.90 Å². The Kier molecular flexibility index (Phi) is 3.83. The Balaban J connectivity index is 2.59. The molecule has 1 heterocycles. The number of benzene rings is 1. The first kappa shape index (κ1) is 15.3. The van der Waals surface area contributed by atoms with Gasteiger partial charge in [-0.25, -0.2) is 8.42 Å². The van der Waals surface area contributed by atoms with Crippen LogP contribution in [0.2, 0.25) is 0 Å². The highest BCUT2D eigenvalue weighted by atomic mass is 32.2. The van der Waals surface area contributed by atoms with Gasteiger partial charge in [-0.1, -0.05) is 6.07 Å². The van der Waals surface area contributed by atoms with Gasteiger partial charge in [0.15, 0.2) is 0 Å². The molecule has 0 radical (unpaired) electrons. The zero-order valence-corrected chi connectivity index (χ0v) is 13.3. The maximum absolute atomic E-state index is 13.0.